The molecule has 2 aliphatic heterocycles. The molecule has 2 atom stereocenters. The highest BCUT2D eigenvalue weighted by Crippen LogP contribution is 2.17. The summed E-state index contributed by atoms with van der Waals surface area (Å²) in [6.07, 6.45) is -0.864. The molecule has 0 radical (unpaired) electrons. The Hall–Kier alpha value is -2.52. The third-order valence-corrected chi connectivity index (χ3v) is 4.77. The molecule has 2 N–H and O–H groups in total. The lowest BCUT2D eigenvalue weighted by Crippen LogP contribution is -2.79. The Morgan fingerprint density at radius 3 is 2.54 bits per heavy atom. The number of hydrogen-bond acceptors (Lipinski definition) is 5. The third kappa shape index (κ3) is 3.27. The van der Waals surface area contributed by atoms with Gasteiger partial charge < -0.3 is 9.84 Å². The van der Waals surface area contributed by atoms with Crippen molar-refractivity contribution in [1.82, 2.24) is 14.7 Å². The number of carbonyl (C=O) groups excluding carboxylic acids is 2. The van der Waals surface area contributed by atoms with Gasteiger partial charge in [0.05, 0.1) is 13.6 Å². The van der Waals surface area contributed by atoms with Crippen molar-refractivity contribution in [2.24, 2.45) is 0 Å². The number of carbonyl (C=O) groups is 2. The predicted octanol–water partition coefficient (Wildman–Crippen LogP) is -1.29. The van der Waals surface area contributed by atoms with E-state index < -0.39 is 18.2 Å². The average Bonchev–Trinajstić information content (AvgIpc) is 2.94. The summed E-state index contributed by atoms with van der Waals surface area (Å²) in [4.78, 5) is 31.4. The van der Waals surface area contributed by atoms with Gasteiger partial charge in [-0.15, -0.1) is 0 Å². The first-order valence-electron chi connectivity index (χ1n) is 8.17. The molecule has 0 spiro atoms. The topological polar surface area (TPSA) is 87.3 Å². The monoisotopic (exact) mass is 377 g/mol. The number of amidine groups is 1. The summed E-state index contributed by atoms with van der Waals surface area (Å²) < 4.78 is 5.58. The smallest absolute Gasteiger partial charge is 0.388 e. The van der Waals surface area contributed by atoms with Crippen LogP contribution in [-0.4, -0.2) is 82.1 Å². The second-order valence-corrected chi connectivity index (χ2v) is 6.77. The molecule has 9 heteroatoms. The van der Waals surface area contributed by atoms with Crippen molar-refractivity contribution in [2.45, 2.75) is 19.1 Å². The zero-order valence-corrected chi connectivity index (χ0v) is 15.6. The Bertz CT molecular complexity index is 779. The molecule has 0 saturated carbocycles. The van der Waals surface area contributed by atoms with E-state index >= 15 is 0 Å². The van der Waals surface area contributed by atoms with E-state index in [2.05, 4.69) is 4.99 Å². The van der Waals surface area contributed by atoms with E-state index in [1.807, 2.05) is 31.2 Å². The number of aliphatic hydroxyl groups excluding tert-OH is 1. The Kier molecular flexibility index (Phi) is 4.92. The molecule has 1 saturated heterocycles. The SMILES string of the molecule is Cc1ccc(OCC(O)CN2C(=S)[NH+]=C3C2C(=O)N(C)C(=O)N3C)cc1. The number of imide groups is 1. The summed E-state index contributed by atoms with van der Waals surface area (Å²) in [7, 11) is 3.00. The molecule has 138 valence electrons. The molecule has 26 heavy (non-hydrogen) atoms. The van der Waals surface area contributed by atoms with Gasteiger partial charge in [-0.3, -0.25) is 14.6 Å². The normalized spacial score (nSPS) is 21.1. The maximum atomic E-state index is 12.5. The van der Waals surface area contributed by atoms with Crippen LogP contribution in [-0.2, 0) is 4.79 Å². The molecule has 8 nitrogen and oxygen atoms in total. The van der Waals surface area contributed by atoms with Gasteiger partial charge in [0, 0.05) is 7.05 Å². The summed E-state index contributed by atoms with van der Waals surface area (Å²) in [6, 6.07) is 6.33. The molecule has 3 amide bonds. The molecular weight excluding hydrogens is 356 g/mol. The number of ether oxygens (including phenoxy) is 1. The Labute approximate surface area is 156 Å². The minimum Gasteiger partial charge on any atom is -0.491 e. The summed E-state index contributed by atoms with van der Waals surface area (Å²) in [5, 5.41) is 10.6. The first-order chi connectivity index (χ1) is 12.3. The Morgan fingerprint density at radius 1 is 1.23 bits per heavy atom. The maximum Gasteiger partial charge on any atom is 0.388 e. The highest BCUT2D eigenvalue weighted by molar-refractivity contribution is 7.79. The lowest BCUT2D eigenvalue weighted by Gasteiger charge is -2.31. The van der Waals surface area contributed by atoms with Gasteiger partial charge in [0.2, 0.25) is 6.04 Å². The summed E-state index contributed by atoms with van der Waals surface area (Å²) in [5.41, 5.74) is 1.12. The zero-order valence-electron chi connectivity index (χ0n) is 14.8. The fourth-order valence-corrected chi connectivity index (χ4v) is 3.22. The third-order valence-electron chi connectivity index (χ3n) is 4.44. The van der Waals surface area contributed by atoms with Crippen LogP contribution in [0, 0.1) is 6.92 Å². The van der Waals surface area contributed by atoms with E-state index in [-0.39, 0.29) is 19.1 Å². The number of aliphatic hydroxyl groups is 1. The number of amides is 3. The Balaban J connectivity index is 1.66. The fourth-order valence-electron chi connectivity index (χ4n) is 2.93. The molecule has 1 fully saturated rings. The summed E-state index contributed by atoms with van der Waals surface area (Å²) in [6.45, 7) is 2.14. The first-order valence-corrected chi connectivity index (χ1v) is 8.57. The largest absolute Gasteiger partial charge is 0.491 e. The van der Waals surface area contributed by atoms with Crippen molar-refractivity contribution in [3.8, 4) is 5.75 Å². The average molecular weight is 377 g/mol. The van der Waals surface area contributed by atoms with Gasteiger partial charge in [-0.1, -0.05) is 17.7 Å². The van der Waals surface area contributed by atoms with Crippen LogP contribution in [0.1, 0.15) is 5.56 Å². The number of likely N-dealkylation sites (N-methyl/N-ethyl adjacent to an activating group) is 2. The summed E-state index contributed by atoms with van der Waals surface area (Å²) >= 11 is 5.28. The standard InChI is InChI=1S/C17H20N4O4S/c1-10-4-6-12(7-5-10)25-9-11(22)8-21-13-14(18-16(21)26)19(2)17(24)20(3)15(13)23/h4-7,11,13,22H,8-9H2,1-3H3/p+1. The molecule has 1 aromatic carbocycles. The van der Waals surface area contributed by atoms with E-state index in [9.17, 15) is 14.7 Å². The highest BCUT2D eigenvalue weighted by atomic mass is 32.1. The lowest BCUT2D eigenvalue weighted by atomic mass is 10.1. The van der Waals surface area contributed by atoms with Crippen molar-refractivity contribution in [3.63, 3.8) is 0 Å². The number of thiocarbonyl (C=S) groups is 1. The fraction of sp³-hybridized carbons (Fsp3) is 0.412. The van der Waals surface area contributed by atoms with Crippen LogP contribution < -0.4 is 9.73 Å². The number of rotatable bonds is 5. The second-order valence-electron chi connectivity index (χ2n) is 6.39. The number of aryl methyl sites for hydroxylation is 1. The number of urea groups is 1. The zero-order chi connectivity index (χ0) is 19.0. The molecule has 1 aromatic rings. The molecule has 0 aliphatic carbocycles. The number of β-amino-alcohol motifs (C(OH)–C–C–N with tert-alkyl or cyclic N) is 1. The highest BCUT2D eigenvalue weighted by Gasteiger charge is 2.54. The molecular formula is C17H21N4O4S+. The molecule has 0 bridgehead atoms. The number of nitrogens with one attached hydrogen (secondary N) is 1. The van der Waals surface area contributed by atoms with Crippen molar-refractivity contribution < 1.29 is 24.4 Å². The summed E-state index contributed by atoms with van der Waals surface area (Å²) in [5.74, 6) is 0.680. The van der Waals surface area contributed by atoms with E-state index in [1.54, 1.807) is 11.9 Å². The minimum absolute atomic E-state index is 0.0586. The second kappa shape index (κ2) is 7.00. The van der Waals surface area contributed by atoms with Crippen LogP contribution in [0.15, 0.2) is 24.3 Å². The minimum atomic E-state index is -0.864. The predicted molar refractivity (Wildman–Crippen MR) is 97.7 cm³/mol. The molecule has 3 rings (SSSR count). The van der Waals surface area contributed by atoms with Gasteiger partial charge in [0.1, 0.15) is 18.5 Å². The number of fused-ring (bicyclic) bond motifs is 1. The van der Waals surface area contributed by atoms with E-state index in [1.165, 1.54) is 11.9 Å². The van der Waals surface area contributed by atoms with Crippen molar-refractivity contribution >= 4 is 35.1 Å². The maximum absolute atomic E-state index is 12.5. The quantitative estimate of drug-likeness (QED) is 0.621. The van der Waals surface area contributed by atoms with Gasteiger partial charge in [-0.05, 0) is 31.3 Å². The van der Waals surface area contributed by atoms with Gasteiger partial charge in [-0.2, -0.15) is 0 Å². The van der Waals surface area contributed by atoms with Crippen molar-refractivity contribution in [1.29, 1.82) is 0 Å². The number of hydrogen-bond donors (Lipinski definition) is 2. The van der Waals surface area contributed by atoms with E-state index in [4.69, 9.17) is 17.0 Å². The van der Waals surface area contributed by atoms with Crippen molar-refractivity contribution in [3.05, 3.63) is 29.8 Å². The van der Waals surface area contributed by atoms with Crippen LogP contribution >= 0.6 is 12.2 Å². The molecule has 2 aliphatic rings. The van der Waals surface area contributed by atoms with Crippen LogP contribution in [0.5, 0.6) is 5.75 Å². The van der Waals surface area contributed by atoms with Gasteiger partial charge in [0.15, 0.2) is 0 Å². The first kappa shape index (κ1) is 18.3. The molecule has 0 aromatic heterocycles. The van der Waals surface area contributed by atoms with Crippen LogP contribution in [0.2, 0.25) is 0 Å². The van der Waals surface area contributed by atoms with Gasteiger partial charge in [-0.25, -0.2) is 14.7 Å². The van der Waals surface area contributed by atoms with Gasteiger partial charge >= 0.3 is 6.03 Å². The van der Waals surface area contributed by atoms with Crippen LogP contribution in [0.3, 0.4) is 0 Å². The Morgan fingerprint density at radius 2 is 1.88 bits per heavy atom. The van der Waals surface area contributed by atoms with Gasteiger partial charge in [0.25, 0.3) is 16.9 Å². The van der Waals surface area contributed by atoms with E-state index in [0.717, 1.165) is 10.5 Å². The van der Waals surface area contributed by atoms with Crippen molar-refractivity contribution in [2.75, 3.05) is 27.2 Å². The number of nitrogens with zero attached hydrogens (tertiary/aromatic N) is 3. The molecule has 2 unspecified atom stereocenters. The van der Waals surface area contributed by atoms with Crippen LogP contribution in [0.25, 0.3) is 0 Å². The van der Waals surface area contributed by atoms with E-state index in [0.29, 0.717) is 16.7 Å². The lowest BCUT2D eigenvalue weighted by molar-refractivity contribution is -0.320. The van der Waals surface area contributed by atoms with Crippen LogP contribution in [0.4, 0.5) is 4.79 Å². The number of benzene rings is 1. The molecule has 2 heterocycles.